The highest BCUT2D eigenvalue weighted by molar-refractivity contribution is 7.15. The molecule has 4 aliphatic carbocycles. The lowest BCUT2D eigenvalue weighted by molar-refractivity contribution is -0.138. The number of thiazole rings is 1. The van der Waals surface area contributed by atoms with Crippen molar-refractivity contribution in [3.63, 3.8) is 0 Å². The molecular formula is C32H39N7O6S. The van der Waals surface area contributed by atoms with Crippen LogP contribution < -0.4 is 26.8 Å². The molecule has 4 fully saturated rings. The molecule has 7 rings (SSSR count). The van der Waals surface area contributed by atoms with E-state index in [1.807, 2.05) is 0 Å². The molecule has 46 heavy (non-hydrogen) atoms. The second kappa shape index (κ2) is 13.2. The van der Waals surface area contributed by atoms with Gasteiger partial charge in [0.15, 0.2) is 4.96 Å². The highest BCUT2D eigenvalue weighted by atomic mass is 32.1. The number of rotatable bonds is 12. The SMILES string of the molecule is CCNC(=O)C(=O)CC[C@H](NC(=O)c1csc2nc(C)cn12)C(=O)Nc1cccn(CC(=O)NC2C3CC4CC(C3)CC2C4)c1=O. The van der Waals surface area contributed by atoms with E-state index in [4.69, 9.17) is 0 Å². The zero-order valence-electron chi connectivity index (χ0n) is 25.9. The molecular weight excluding hydrogens is 610 g/mol. The molecule has 4 N–H and O–H groups in total. The lowest BCUT2D eigenvalue weighted by Crippen LogP contribution is -2.56. The third-order valence-corrected chi connectivity index (χ3v) is 10.4. The van der Waals surface area contributed by atoms with Crippen molar-refractivity contribution in [1.29, 1.82) is 0 Å². The van der Waals surface area contributed by atoms with E-state index in [0.29, 0.717) is 16.8 Å². The molecule has 4 saturated carbocycles. The van der Waals surface area contributed by atoms with Gasteiger partial charge in [0.1, 0.15) is 24.0 Å². The van der Waals surface area contributed by atoms with Crippen LogP contribution in [0.4, 0.5) is 5.69 Å². The number of imidazole rings is 1. The fourth-order valence-electron chi connectivity index (χ4n) is 7.73. The van der Waals surface area contributed by atoms with Crippen molar-refractivity contribution in [3.05, 3.63) is 51.6 Å². The Morgan fingerprint density at radius 2 is 1.78 bits per heavy atom. The predicted octanol–water partition coefficient (Wildman–Crippen LogP) is 2.03. The average molecular weight is 650 g/mol. The van der Waals surface area contributed by atoms with E-state index < -0.39 is 35.1 Å². The number of nitrogens with zero attached hydrogens (tertiary/aromatic N) is 3. The van der Waals surface area contributed by atoms with Crippen molar-refractivity contribution in [1.82, 2.24) is 29.9 Å². The monoisotopic (exact) mass is 649 g/mol. The molecule has 3 aromatic rings. The van der Waals surface area contributed by atoms with Crippen LogP contribution in [0.1, 0.15) is 68.1 Å². The molecule has 13 nitrogen and oxygen atoms in total. The number of carbonyl (C=O) groups is 5. The van der Waals surface area contributed by atoms with Gasteiger partial charge in [-0.1, -0.05) is 0 Å². The molecule has 4 aliphatic rings. The van der Waals surface area contributed by atoms with E-state index in [1.54, 1.807) is 35.9 Å². The Morgan fingerprint density at radius 1 is 1.07 bits per heavy atom. The molecule has 14 heteroatoms. The van der Waals surface area contributed by atoms with Crippen LogP contribution in [0.15, 0.2) is 34.7 Å². The smallest absolute Gasteiger partial charge is 0.287 e. The number of Topliss-reactive ketones (excluding diaryl/α,β-unsaturated/α-hetero) is 1. The van der Waals surface area contributed by atoms with Crippen LogP contribution in [-0.2, 0) is 25.7 Å². The van der Waals surface area contributed by atoms with Crippen molar-refractivity contribution in [2.24, 2.45) is 23.7 Å². The van der Waals surface area contributed by atoms with Gasteiger partial charge < -0.3 is 25.8 Å². The maximum Gasteiger partial charge on any atom is 0.287 e. The highest BCUT2D eigenvalue weighted by Crippen LogP contribution is 2.53. The first kappa shape index (κ1) is 31.6. The van der Waals surface area contributed by atoms with Gasteiger partial charge in [-0.25, -0.2) is 4.98 Å². The van der Waals surface area contributed by atoms with Crippen LogP contribution in [-0.4, -0.2) is 62.0 Å². The van der Waals surface area contributed by atoms with Crippen LogP contribution in [0.25, 0.3) is 4.96 Å². The number of hydrogen-bond acceptors (Lipinski definition) is 8. The normalized spacial score (nSPS) is 23.6. The molecule has 244 valence electrons. The standard InChI is InChI=1S/C32H39N7O6S/c1-3-33-30(44)25(40)7-6-22(35-29(43)24-16-46-32-34-17(2)14-39(24)32)28(42)36-23-5-4-8-38(31(23)45)15-26(41)37-27-20-10-18-9-19(12-20)13-21(27)11-18/h4-5,8,14,16,18-22,27H,3,6-7,9-13,15H2,1-2H3,(H,33,44)(H,35,43)(H,36,42)(H,37,41)/t18?,19?,20?,21?,22-,27?/m0/s1. The number of aromatic nitrogens is 3. The van der Waals surface area contributed by atoms with E-state index >= 15 is 0 Å². The van der Waals surface area contributed by atoms with Crippen molar-refractivity contribution >= 4 is 51.4 Å². The van der Waals surface area contributed by atoms with E-state index in [0.717, 1.165) is 43.2 Å². The topological polar surface area (TPSA) is 173 Å². The third-order valence-electron chi connectivity index (χ3n) is 9.58. The molecule has 4 bridgehead atoms. The first-order chi connectivity index (χ1) is 22.1. The van der Waals surface area contributed by atoms with Crippen LogP contribution in [0.3, 0.4) is 0 Å². The van der Waals surface area contributed by atoms with Gasteiger partial charge in [0, 0.05) is 36.8 Å². The van der Waals surface area contributed by atoms with E-state index in [1.165, 1.54) is 34.6 Å². The zero-order valence-corrected chi connectivity index (χ0v) is 26.7. The largest absolute Gasteiger partial charge is 0.351 e. The average Bonchev–Trinajstić information content (AvgIpc) is 3.57. The summed E-state index contributed by atoms with van der Waals surface area (Å²) in [6, 6.07) is 1.87. The van der Waals surface area contributed by atoms with Gasteiger partial charge in [0.2, 0.25) is 17.6 Å². The third kappa shape index (κ3) is 6.62. The van der Waals surface area contributed by atoms with Crippen molar-refractivity contribution < 1.29 is 24.0 Å². The van der Waals surface area contributed by atoms with Gasteiger partial charge in [-0.2, -0.15) is 0 Å². The summed E-state index contributed by atoms with van der Waals surface area (Å²) in [5.41, 5.74) is 0.316. The summed E-state index contributed by atoms with van der Waals surface area (Å²) < 4.78 is 2.85. The number of carbonyl (C=O) groups excluding carboxylic acids is 5. The first-order valence-corrected chi connectivity index (χ1v) is 16.8. The fraction of sp³-hybridized carbons (Fsp3) is 0.531. The van der Waals surface area contributed by atoms with Gasteiger partial charge in [0.25, 0.3) is 17.4 Å². The molecule has 4 amide bonds. The Morgan fingerprint density at radius 3 is 2.48 bits per heavy atom. The second-order valence-electron chi connectivity index (χ2n) is 12.9. The van der Waals surface area contributed by atoms with Crippen molar-refractivity contribution in [2.75, 3.05) is 11.9 Å². The Kier molecular flexibility index (Phi) is 9.07. The second-order valence-corrected chi connectivity index (χ2v) is 13.7. The highest BCUT2D eigenvalue weighted by Gasteiger charge is 2.48. The Hall–Kier alpha value is -4.33. The number of anilines is 1. The number of fused-ring (bicyclic) bond motifs is 1. The lowest BCUT2D eigenvalue weighted by Gasteiger charge is -2.54. The molecule has 0 aliphatic heterocycles. The summed E-state index contributed by atoms with van der Waals surface area (Å²) >= 11 is 1.26. The van der Waals surface area contributed by atoms with Gasteiger partial charge in [-0.05, 0) is 88.2 Å². The van der Waals surface area contributed by atoms with Crippen LogP contribution in [0, 0.1) is 30.6 Å². The van der Waals surface area contributed by atoms with Crippen LogP contribution in [0.5, 0.6) is 0 Å². The number of hydrogen-bond donors (Lipinski definition) is 4. The predicted molar refractivity (Wildman–Crippen MR) is 170 cm³/mol. The minimum atomic E-state index is -1.25. The molecule has 0 radical (unpaired) electrons. The summed E-state index contributed by atoms with van der Waals surface area (Å²) in [5, 5.41) is 12.5. The maximum atomic E-state index is 13.5. The van der Waals surface area contributed by atoms with Crippen molar-refractivity contribution in [3.8, 4) is 0 Å². The summed E-state index contributed by atoms with van der Waals surface area (Å²) in [6.45, 7) is 3.56. The summed E-state index contributed by atoms with van der Waals surface area (Å²) in [6.07, 6.45) is 8.65. The van der Waals surface area contributed by atoms with Gasteiger partial charge in [-0.15, -0.1) is 11.3 Å². The minimum Gasteiger partial charge on any atom is -0.351 e. The van der Waals surface area contributed by atoms with E-state index in [-0.39, 0.29) is 49.3 Å². The molecule has 0 aromatic carbocycles. The molecule has 3 aromatic heterocycles. The quantitative estimate of drug-likeness (QED) is 0.217. The van der Waals surface area contributed by atoms with Crippen LogP contribution >= 0.6 is 11.3 Å². The number of ketones is 1. The van der Waals surface area contributed by atoms with E-state index in [9.17, 15) is 28.8 Å². The van der Waals surface area contributed by atoms with Gasteiger partial charge >= 0.3 is 0 Å². The molecule has 0 spiro atoms. The van der Waals surface area contributed by atoms with Gasteiger partial charge in [0.05, 0.1) is 5.69 Å². The molecule has 3 heterocycles. The molecule has 0 saturated heterocycles. The molecule has 0 unspecified atom stereocenters. The Bertz CT molecular complexity index is 1710. The fourth-order valence-corrected chi connectivity index (χ4v) is 8.63. The Balaban J connectivity index is 1.14. The summed E-state index contributed by atoms with van der Waals surface area (Å²) in [4.78, 5) is 82.6. The Labute approximate surface area is 269 Å². The van der Waals surface area contributed by atoms with E-state index in [2.05, 4.69) is 26.3 Å². The number of likely N-dealkylation sites (N-methyl/N-ethyl adjacent to an activating group) is 1. The number of nitrogens with one attached hydrogen (secondary N) is 4. The zero-order chi connectivity index (χ0) is 32.5. The maximum absolute atomic E-state index is 13.5. The number of pyridine rings is 1. The lowest BCUT2D eigenvalue weighted by atomic mass is 9.54. The number of aryl methyl sites for hydroxylation is 1. The number of amides is 4. The minimum absolute atomic E-state index is 0.0765. The summed E-state index contributed by atoms with van der Waals surface area (Å²) in [7, 11) is 0. The van der Waals surface area contributed by atoms with Crippen LogP contribution in [0.2, 0.25) is 0 Å². The van der Waals surface area contributed by atoms with Gasteiger partial charge in [-0.3, -0.25) is 33.2 Å². The molecule has 1 atom stereocenters. The van der Waals surface area contributed by atoms with Crippen molar-refractivity contribution in [2.45, 2.75) is 77.4 Å². The summed E-state index contributed by atoms with van der Waals surface area (Å²) in [5.74, 6) is -0.521. The first-order valence-electron chi connectivity index (χ1n) is 15.9.